The predicted octanol–water partition coefficient (Wildman–Crippen LogP) is 2.22. The Labute approximate surface area is 87.1 Å². The minimum Gasteiger partial charge on any atom is -0.480 e. The lowest BCUT2D eigenvalue weighted by Crippen LogP contribution is -2.40. The Kier molecular flexibility index (Phi) is 6.54. The summed E-state index contributed by atoms with van der Waals surface area (Å²) in [6.07, 6.45) is 2.05. The largest absolute Gasteiger partial charge is 0.480 e. The van der Waals surface area contributed by atoms with Crippen LogP contribution in [0.2, 0.25) is 0 Å². The smallest absolute Gasteiger partial charge is 0.317 e. The molecule has 0 aromatic carbocycles. The summed E-state index contributed by atoms with van der Waals surface area (Å²) in [7, 11) is 0. The first-order chi connectivity index (χ1) is 6.51. The summed E-state index contributed by atoms with van der Waals surface area (Å²) < 4.78 is 0. The second kappa shape index (κ2) is 6.82. The Morgan fingerprint density at radius 3 is 2.07 bits per heavy atom. The van der Waals surface area contributed by atoms with Crippen LogP contribution < -0.4 is 0 Å². The molecule has 0 atom stereocenters. The number of hydrogen-bond acceptors (Lipinski definition) is 2. The number of carboxylic acid groups (broad SMARTS) is 1. The van der Waals surface area contributed by atoms with E-state index in [9.17, 15) is 4.79 Å². The SMILES string of the molecule is CCC(CC)N(CC(=O)O)CC(C)C. The van der Waals surface area contributed by atoms with Gasteiger partial charge in [-0.3, -0.25) is 9.69 Å². The van der Waals surface area contributed by atoms with E-state index in [1.807, 2.05) is 0 Å². The van der Waals surface area contributed by atoms with Gasteiger partial charge in [-0.2, -0.15) is 0 Å². The van der Waals surface area contributed by atoms with Gasteiger partial charge in [0.25, 0.3) is 0 Å². The van der Waals surface area contributed by atoms with E-state index >= 15 is 0 Å². The average molecular weight is 201 g/mol. The van der Waals surface area contributed by atoms with Crippen molar-refractivity contribution >= 4 is 5.97 Å². The summed E-state index contributed by atoms with van der Waals surface area (Å²) in [5.74, 6) is -0.201. The highest BCUT2D eigenvalue weighted by molar-refractivity contribution is 5.69. The summed E-state index contributed by atoms with van der Waals surface area (Å²) in [4.78, 5) is 12.8. The highest BCUT2D eigenvalue weighted by atomic mass is 16.4. The molecule has 3 heteroatoms. The van der Waals surface area contributed by atoms with Gasteiger partial charge in [-0.25, -0.2) is 0 Å². The van der Waals surface area contributed by atoms with Crippen LogP contribution in [-0.4, -0.2) is 35.1 Å². The molecular formula is C11H23NO2. The topological polar surface area (TPSA) is 40.5 Å². The van der Waals surface area contributed by atoms with Gasteiger partial charge >= 0.3 is 5.97 Å². The van der Waals surface area contributed by atoms with Crippen LogP contribution in [0.15, 0.2) is 0 Å². The molecule has 14 heavy (non-hydrogen) atoms. The fourth-order valence-electron chi connectivity index (χ4n) is 1.79. The van der Waals surface area contributed by atoms with E-state index in [1.165, 1.54) is 0 Å². The molecule has 0 aliphatic carbocycles. The maximum atomic E-state index is 10.7. The lowest BCUT2D eigenvalue weighted by Gasteiger charge is -2.30. The van der Waals surface area contributed by atoms with Crippen molar-refractivity contribution in [3.05, 3.63) is 0 Å². The van der Waals surface area contributed by atoms with Crippen molar-refractivity contribution < 1.29 is 9.90 Å². The van der Waals surface area contributed by atoms with Crippen LogP contribution in [0.1, 0.15) is 40.5 Å². The van der Waals surface area contributed by atoms with Crippen molar-refractivity contribution in [1.82, 2.24) is 4.90 Å². The molecule has 0 aliphatic heterocycles. The van der Waals surface area contributed by atoms with Crippen LogP contribution in [0.4, 0.5) is 0 Å². The molecule has 3 nitrogen and oxygen atoms in total. The van der Waals surface area contributed by atoms with Gasteiger partial charge in [-0.05, 0) is 18.8 Å². The first kappa shape index (κ1) is 13.4. The molecule has 1 N–H and O–H groups in total. The highest BCUT2D eigenvalue weighted by Gasteiger charge is 2.18. The number of hydrogen-bond donors (Lipinski definition) is 1. The number of carboxylic acids is 1. The van der Waals surface area contributed by atoms with Gasteiger partial charge in [0, 0.05) is 12.6 Å². The normalized spacial score (nSPS) is 11.6. The maximum absolute atomic E-state index is 10.7. The Morgan fingerprint density at radius 2 is 1.79 bits per heavy atom. The van der Waals surface area contributed by atoms with Crippen molar-refractivity contribution in [2.24, 2.45) is 5.92 Å². The van der Waals surface area contributed by atoms with Crippen LogP contribution in [0.3, 0.4) is 0 Å². The predicted molar refractivity (Wildman–Crippen MR) is 58.4 cm³/mol. The minimum absolute atomic E-state index is 0.171. The third-order valence-corrected chi connectivity index (χ3v) is 2.40. The second-order valence-corrected chi connectivity index (χ2v) is 4.19. The lowest BCUT2D eigenvalue weighted by molar-refractivity contribution is -0.139. The van der Waals surface area contributed by atoms with Gasteiger partial charge in [0.1, 0.15) is 0 Å². The minimum atomic E-state index is -0.724. The summed E-state index contributed by atoms with van der Waals surface area (Å²) in [6.45, 7) is 9.52. The van der Waals surface area contributed by atoms with E-state index in [4.69, 9.17) is 5.11 Å². The number of aliphatic carboxylic acids is 1. The Bertz CT molecular complexity index is 165. The summed E-state index contributed by atoms with van der Waals surface area (Å²) in [6, 6.07) is 0.411. The van der Waals surface area contributed by atoms with Gasteiger partial charge in [-0.15, -0.1) is 0 Å². The molecule has 0 radical (unpaired) electrons. The summed E-state index contributed by atoms with van der Waals surface area (Å²) in [5.41, 5.74) is 0. The average Bonchev–Trinajstić information content (AvgIpc) is 2.03. The zero-order chi connectivity index (χ0) is 11.1. The maximum Gasteiger partial charge on any atom is 0.317 e. The standard InChI is InChI=1S/C11H23NO2/c1-5-10(6-2)12(7-9(3)4)8-11(13)14/h9-10H,5-8H2,1-4H3,(H,13,14). The molecule has 0 spiro atoms. The van der Waals surface area contributed by atoms with Gasteiger partial charge < -0.3 is 5.11 Å². The number of carbonyl (C=O) groups is 1. The molecule has 0 aromatic heterocycles. The highest BCUT2D eigenvalue weighted by Crippen LogP contribution is 2.10. The van der Waals surface area contributed by atoms with Crippen molar-refractivity contribution in [2.45, 2.75) is 46.6 Å². The molecule has 0 heterocycles. The molecule has 0 aromatic rings. The van der Waals surface area contributed by atoms with Crippen LogP contribution in [0, 0.1) is 5.92 Å². The third-order valence-electron chi connectivity index (χ3n) is 2.40. The van der Waals surface area contributed by atoms with E-state index in [-0.39, 0.29) is 6.54 Å². The first-order valence-corrected chi connectivity index (χ1v) is 5.47. The fraction of sp³-hybridized carbons (Fsp3) is 0.909. The number of nitrogens with zero attached hydrogens (tertiary/aromatic N) is 1. The monoisotopic (exact) mass is 201 g/mol. The zero-order valence-electron chi connectivity index (χ0n) is 9.79. The molecule has 0 rings (SSSR count). The molecule has 0 unspecified atom stereocenters. The second-order valence-electron chi connectivity index (χ2n) is 4.19. The van der Waals surface area contributed by atoms with E-state index in [1.54, 1.807) is 0 Å². The van der Waals surface area contributed by atoms with Crippen LogP contribution in [0.5, 0.6) is 0 Å². The molecule has 0 fully saturated rings. The first-order valence-electron chi connectivity index (χ1n) is 5.47. The van der Waals surface area contributed by atoms with Crippen molar-refractivity contribution in [1.29, 1.82) is 0 Å². The molecule has 0 aliphatic rings. The van der Waals surface area contributed by atoms with Crippen molar-refractivity contribution in [3.8, 4) is 0 Å². The molecule has 0 saturated carbocycles. The third kappa shape index (κ3) is 5.22. The van der Waals surface area contributed by atoms with Crippen LogP contribution in [-0.2, 0) is 4.79 Å². The molecule has 0 amide bonds. The van der Waals surface area contributed by atoms with Crippen molar-refractivity contribution in [2.75, 3.05) is 13.1 Å². The van der Waals surface area contributed by atoms with Crippen molar-refractivity contribution in [3.63, 3.8) is 0 Å². The fourth-order valence-corrected chi connectivity index (χ4v) is 1.79. The van der Waals surface area contributed by atoms with Gasteiger partial charge in [0.2, 0.25) is 0 Å². The Balaban J connectivity index is 4.27. The lowest BCUT2D eigenvalue weighted by atomic mass is 10.1. The zero-order valence-corrected chi connectivity index (χ0v) is 9.79. The summed E-state index contributed by atoms with van der Waals surface area (Å²) in [5, 5.41) is 8.80. The van der Waals surface area contributed by atoms with E-state index < -0.39 is 5.97 Å². The molecule has 84 valence electrons. The molecular weight excluding hydrogens is 178 g/mol. The number of rotatable bonds is 7. The summed E-state index contributed by atoms with van der Waals surface area (Å²) >= 11 is 0. The Morgan fingerprint density at radius 1 is 1.29 bits per heavy atom. The van der Waals surface area contributed by atoms with Gasteiger partial charge in [0.05, 0.1) is 6.54 Å². The molecule has 0 saturated heterocycles. The Hall–Kier alpha value is -0.570. The van der Waals surface area contributed by atoms with E-state index in [0.29, 0.717) is 12.0 Å². The quantitative estimate of drug-likeness (QED) is 0.686. The van der Waals surface area contributed by atoms with Crippen LogP contribution in [0.25, 0.3) is 0 Å². The van der Waals surface area contributed by atoms with Gasteiger partial charge in [-0.1, -0.05) is 27.7 Å². The van der Waals surface area contributed by atoms with Crippen LogP contribution >= 0.6 is 0 Å². The van der Waals surface area contributed by atoms with Gasteiger partial charge in [0.15, 0.2) is 0 Å². The molecule has 0 bridgehead atoms. The van der Waals surface area contributed by atoms with E-state index in [0.717, 1.165) is 19.4 Å². The van der Waals surface area contributed by atoms with E-state index in [2.05, 4.69) is 32.6 Å².